The molecule has 0 bridgehead atoms. The van der Waals surface area contributed by atoms with Gasteiger partial charge in [0, 0.05) is 23.5 Å². The van der Waals surface area contributed by atoms with Crippen molar-refractivity contribution in [2.75, 3.05) is 26.4 Å². The number of carboxylic acid groups (broad SMARTS) is 1. The average molecular weight is 592 g/mol. The molecule has 0 aliphatic rings. The lowest BCUT2D eigenvalue weighted by atomic mass is 10.1. The topological polar surface area (TPSA) is 299 Å². The van der Waals surface area contributed by atoms with Gasteiger partial charge in [-0.1, -0.05) is 0 Å². The van der Waals surface area contributed by atoms with Crippen LogP contribution in [0, 0.1) is 52.3 Å². The van der Waals surface area contributed by atoms with Crippen LogP contribution in [0.5, 0.6) is 11.5 Å². The van der Waals surface area contributed by atoms with Gasteiger partial charge in [-0.3, -0.25) is 9.59 Å². The monoisotopic (exact) mass is 592 g/mol. The molecule has 0 atom stereocenters. The van der Waals surface area contributed by atoms with Crippen molar-refractivity contribution in [1.82, 2.24) is 0 Å². The molecule has 0 spiro atoms. The van der Waals surface area contributed by atoms with Crippen LogP contribution in [0.2, 0.25) is 0 Å². The number of ether oxygens (including phenoxy) is 2. The fraction of sp³-hybridized carbons (Fsp3) is 0.421. The van der Waals surface area contributed by atoms with Crippen molar-refractivity contribution >= 4 is 24.0 Å². The molecule has 22 heteroatoms. The Balaban J connectivity index is 3.03. The minimum atomic E-state index is -1.42. The van der Waals surface area contributed by atoms with Crippen LogP contribution in [-0.2, 0) is 33.7 Å². The molecule has 0 aromatic heterocycles. The van der Waals surface area contributed by atoms with Crippen molar-refractivity contribution in [2.24, 2.45) is 11.8 Å². The van der Waals surface area contributed by atoms with Gasteiger partial charge in [0.2, 0.25) is 0 Å². The summed E-state index contributed by atoms with van der Waals surface area (Å²) in [6.07, 6.45) is 0.278. The Morgan fingerprint density at radius 1 is 0.732 bits per heavy atom. The van der Waals surface area contributed by atoms with E-state index in [9.17, 15) is 54.8 Å². The first kappa shape index (κ1) is 33.2. The van der Waals surface area contributed by atoms with Gasteiger partial charge >= 0.3 is 17.9 Å². The first-order valence-electron chi connectivity index (χ1n) is 10.8. The van der Waals surface area contributed by atoms with E-state index in [1.54, 1.807) is 0 Å². The number of rotatable bonds is 20. The highest BCUT2D eigenvalue weighted by Crippen LogP contribution is 2.27. The van der Waals surface area contributed by atoms with Crippen LogP contribution in [-0.4, -0.2) is 69.8 Å². The molecule has 0 heterocycles. The summed E-state index contributed by atoms with van der Waals surface area (Å²) in [7, 11) is 0. The summed E-state index contributed by atoms with van der Waals surface area (Å²) in [5.41, 5.74) is -0.129. The predicted octanol–water partition coefficient (Wildman–Crippen LogP) is 0.441. The van der Waals surface area contributed by atoms with Crippen LogP contribution in [0.15, 0.2) is 24.3 Å². The fourth-order valence-corrected chi connectivity index (χ4v) is 2.78. The zero-order chi connectivity index (χ0) is 30.9. The van der Waals surface area contributed by atoms with E-state index in [-0.39, 0.29) is 17.1 Å². The van der Waals surface area contributed by atoms with Gasteiger partial charge < -0.3 is 33.9 Å². The third-order valence-electron chi connectivity index (χ3n) is 4.42. The van der Waals surface area contributed by atoms with Gasteiger partial charge in [0.1, 0.15) is 37.9 Å². The molecule has 0 amide bonds. The van der Waals surface area contributed by atoms with Gasteiger partial charge in [0.05, 0.1) is 12.8 Å². The second-order valence-corrected chi connectivity index (χ2v) is 7.54. The van der Waals surface area contributed by atoms with Crippen molar-refractivity contribution in [2.45, 2.75) is 12.8 Å². The fourth-order valence-electron chi connectivity index (χ4n) is 2.78. The molecule has 1 aromatic rings. The molecule has 0 fully saturated rings. The summed E-state index contributed by atoms with van der Waals surface area (Å²) in [6, 6.07) is 3.22. The number of carbonyl (C=O) groups is 3. The van der Waals surface area contributed by atoms with Gasteiger partial charge in [-0.2, -0.15) is 0 Å². The molecule has 0 aliphatic carbocycles. The Hall–Kier alpha value is -5.83. The number of hydrogen-bond donors (Lipinski definition) is 1. The van der Waals surface area contributed by atoms with Gasteiger partial charge in [-0.05, 0) is 24.3 Å². The summed E-state index contributed by atoms with van der Waals surface area (Å²) >= 11 is 0. The Morgan fingerprint density at radius 2 is 1.15 bits per heavy atom. The molecule has 0 saturated heterocycles. The van der Waals surface area contributed by atoms with Crippen LogP contribution in [0.25, 0.3) is 6.08 Å². The summed E-state index contributed by atoms with van der Waals surface area (Å²) < 4.78 is 10.2. The third kappa shape index (κ3) is 15.2. The molecule has 0 saturated carbocycles. The zero-order valence-corrected chi connectivity index (χ0v) is 20.5. The highest BCUT2D eigenvalue weighted by Gasteiger charge is 2.22. The van der Waals surface area contributed by atoms with Crippen LogP contribution in [0.1, 0.15) is 18.4 Å². The maximum absolute atomic E-state index is 12.4. The Bertz CT molecular complexity index is 1130. The van der Waals surface area contributed by atoms with E-state index in [0.717, 1.165) is 24.3 Å². The highest BCUT2D eigenvalue weighted by molar-refractivity contribution is 5.86. The molecule has 0 radical (unpaired) electrons. The molecule has 41 heavy (non-hydrogen) atoms. The van der Waals surface area contributed by atoms with Crippen LogP contribution < -0.4 is 9.47 Å². The molecular weight excluding hydrogens is 572 g/mol. The number of nitrogens with zero attached hydrogens (tertiary/aromatic N) is 4. The van der Waals surface area contributed by atoms with Crippen LogP contribution >= 0.6 is 0 Å². The van der Waals surface area contributed by atoms with E-state index < -0.39 is 89.4 Å². The van der Waals surface area contributed by atoms with E-state index in [0.29, 0.717) is 6.08 Å². The largest absolute Gasteiger partial charge is 0.478 e. The number of carbonyl (C=O) groups excluding carboxylic acids is 2. The van der Waals surface area contributed by atoms with Gasteiger partial charge in [-0.25, -0.2) is 4.79 Å². The van der Waals surface area contributed by atoms with E-state index in [4.69, 9.17) is 14.6 Å². The van der Waals surface area contributed by atoms with E-state index in [2.05, 4.69) is 19.4 Å². The minimum Gasteiger partial charge on any atom is -0.478 e. The van der Waals surface area contributed by atoms with Gasteiger partial charge in [0.25, 0.3) is 20.3 Å². The number of hydrogen-bond acceptors (Lipinski definition) is 17. The minimum absolute atomic E-state index is 0.129. The SMILES string of the molecule is O=C(O)C=Cc1cc(OC(=O)CC(CO[N+](=O)[O-])CO[N+](=O)[O-])ccc1OC(=O)CC(CO[N+](=O)[O-])CO[N+](=O)[O-]. The molecule has 0 unspecified atom stereocenters. The normalized spacial score (nSPS) is 10.6. The first-order chi connectivity index (χ1) is 19.2. The van der Waals surface area contributed by atoms with Crippen LogP contribution in [0.3, 0.4) is 0 Å². The molecule has 22 nitrogen and oxygen atoms in total. The van der Waals surface area contributed by atoms with E-state index in [1.165, 1.54) is 0 Å². The highest BCUT2D eigenvalue weighted by atomic mass is 17.0. The quantitative estimate of drug-likeness (QED) is 0.0705. The van der Waals surface area contributed by atoms with Gasteiger partial charge in [-0.15, -0.1) is 40.5 Å². The zero-order valence-electron chi connectivity index (χ0n) is 20.5. The summed E-state index contributed by atoms with van der Waals surface area (Å²) in [5, 5.41) is 45.8. The van der Waals surface area contributed by atoms with Crippen LogP contribution in [0.4, 0.5) is 0 Å². The molecular formula is C19H20N4O18. The lowest BCUT2D eigenvalue weighted by Crippen LogP contribution is -2.25. The number of benzene rings is 1. The second kappa shape index (κ2) is 16.9. The van der Waals surface area contributed by atoms with Gasteiger partial charge in [0.15, 0.2) is 0 Å². The lowest BCUT2D eigenvalue weighted by molar-refractivity contribution is -0.768. The Kier molecular flexibility index (Phi) is 13.7. The molecule has 1 rings (SSSR count). The maximum Gasteiger partial charge on any atom is 0.328 e. The second-order valence-electron chi connectivity index (χ2n) is 7.54. The Morgan fingerprint density at radius 3 is 1.54 bits per heavy atom. The van der Waals surface area contributed by atoms with Crippen molar-refractivity contribution in [3.8, 4) is 11.5 Å². The molecule has 224 valence electrons. The van der Waals surface area contributed by atoms with Crippen molar-refractivity contribution < 1.29 is 68.7 Å². The van der Waals surface area contributed by atoms with Crippen molar-refractivity contribution in [3.05, 3.63) is 70.3 Å². The average Bonchev–Trinajstić information content (AvgIpc) is 2.86. The molecule has 1 aromatic carbocycles. The predicted molar refractivity (Wildman–Crippen MR) is 122 cm³/mol. The molecule has 1 N–H and O–H groups in total. The standard InChI is InChI=1S/C19H20N4O18/c24-17(25)4-1-14-7-15(40-18(26)5-12(8-36-20(28)29)9-37-21(30)31)2-3-16(14)41-19(27)6-13(10-38-22(32)33)11-39-23(34)35/h1-4,7,12-13H,5-6,8-11H2,(H,24,25). The smallest absolute Gasteiger partial charge is 0.328 e. The maximum atomic E-state index is 12.4. The van der Waals surface area contributed by atoms with E-state index >= 15 is 0 Å². The van der Waals surface area contributed by atoms with Crippen molar-refractivity contribution in [3.63, 3.8) is 0 Å². The Labute approximate surface area is 226 Å². The number of esters is 2. The first-order valence-corrected chi connectivity index (χ1v) is 10.8. The van der Waals surface area contributed by atoms with Crippen molar-refractivity contribution in [1.29, 1.82) is 0 Å². The number of carboxylic acids is 1. The molecule has 0 aliphatic heterocycles. The summed E-state index contributed by atoms with van der Waals surface area (Å²) in [4.78, 5) is 93.7. The lowest BCUT2D eigenvalue weighted by Gasteiger charge is -2.15. The number of aliphatic carboxylic acids is 1. The third-order valence-corrected chi connectivity index (χ3v) is 4.42. The summed E-state index contributed by atoms with van der Waals surface area (Å²) in [6.45, 7) is -2.98. The van der Waals surface area contributed by atoms with E-state index in [1.807, 2.05) is 0 Å². The summed E-state index contributed by atoms with van der Waals surface area (Å²) in [5.74, 6) is -6.43.